The van der Waals surface area contributed by atoms with Crippen LogP contribution in [0.4, 0.5) is 20.2 Å². The van der Waals surface area contributed by atoms with Gasteiger partial charge in [0.1, 0.15) is 11.6 Å². The summed E-state index contributed by atoms with van der Waals surface area (Å²) in [4.78, 5) is -0.0807. The quantitative estimate of drug-likeness (QED) is 0.856. The van der Waals surface area contributed by atoms with E-state index < -0.39 is 27.3 Å². The lowest BCUT2D eigenvalue weighted by Crippen LogP contribution is -2.16. The SMILES string of the molecule is Cc1cc(F)c(NS(=O)(=O)c2cc(N)ccc2C)cc1F. The molecule has 0 radical (unpaired) electrons. The maximum atomic E-state index is 13.7. The number of anilines is 2. The molecule has 3 N–H and O–H groups in total. The van der Waals surface area contributed by atoms with E-state index in [1.165, 1.54) is 19.1 Å². The topological polar surface area (TPSA) is 72.2 Å². The first-order chi connectivity index (χ1) is 9.70. The summed E-state index contributed by atoms with van der Waals surface area (Å²) in [5.74, 6) is -1.54. The highest BCUT2D eigenvalue weighted by Crippen LogP contribution is 2.24. The van der Waals surface area contributed by atoms with Crippen molar-refractivity contribution in [3.8, 4) is 0 Å². The van der Waals surface area contributed by atoms with Crippen LogP contribution in [0.5, 0.6) is 0 Å². The number of nitrogen functional groups attached to an aromatic ring is 1. The fraction of sp³-hybridized carbons (Fsp3) is 0.143. The average molecular weight is 312 g/mol. The lowest BCUT2D eigenvalue weighted by atomic mass is 10.2. The molecule has 2 aromatic carbocycles. The predicted octanol–water partition coefficient (Wildman–Crippen LogP) is 2.96. The van der Waals surface area contributed by atoms with E-state index >= 15 is 0 Å². The molecule has 0 fully saturated rings. The predicted molar refractivity (Wildman–Crippen MR) is 77.5 cm³/mol. The maximum absolute atomic E-state index is 13.7. The Morgan fingerprint density at radius 3 is 2.33 bits per heavy atom. The third-order valence-corrected chi connectivity index (χ3v) is 4.50. The zero-order valence-corrected chi connectivity index (χ0v) is 12.3. The second kappa shape index (κ2) is 5.33. The van der Waals surface area contributed by atoms with Crippen molar-refractivity contribution in [2.45, 2.75) is 18.7 Å². The van der Waals surface area contributed by atoms with Gasteiger partial charge in [0, 0.05) is 11.8 Å². The van der Waals surface area contributed by atoms with Gasteiger partial charge in [-0.15, -0.1) is 0 Å². The molecule has 21 heavy (non-hydrogen) atoms. The lowest BCUT2D eigenvalue weighted by Gasteiger charge is -2.12. The zero-order chi connectivity index (χ0) is 15.8. The molecule has 0 aliphatic carbocycles. The van der Waals surface area contributed by atoms with Crippen LogP contribution in [0.15, 0.2) is 35.2 Å². The van der Waals surface area contributed by atoms with Gasteiger partial charge >= 0.3 is 0 Å². The molecule has 0 aromatic heterocycles. The summed E-state index contributed by atoms with van der Waals surface area (Å²) >= 11 is 0. The van der Waals surface area contributed by atoms with Gasteiger partial charge in [0.05, 0.1) is 10.6 Å². The highest BCUT2D eigenvalue weighted by atomic mass is 32.2. The van der Waals surface area contributed by atoms with Gasteiger partial charge in [-0.1, -0.05) is 6.07 Å². The van der Waals surface area contributed by atoms with Crippen LogP contribution in [-0.2, 0) is 10.0 Å². The standard InChI is InChI=1S/C14H14F2N2O2S/c1-8-3-4-10(17)6-14(8)21(19,20)18-13-7-11(15)9(2)5-12(13)16/h3-7,18H,17H2,1-2H3. The number of aryl methyl sites for hydroxylation is 2. The summed E-state index contributed by atoms with van der Waals surface area (Å²) < 4.78 is 53.8. The van der Waals surface area contributed by atoms with E-state index in [-0.39, 0.29) is 16.1 Å². The van der Waals surface area contributed by atoms with E-state index in [4.69, 9.17) is 5.73 Å². The summed E-state index contributed by atoms with van der Waals surface area (Å²) in [6, 6.07) is 6.10. The van der Waals surface area contributed by atoms with Gasteiger partial charge in [0.25, 0.3) is 10.0 Å². The van der Waals surface area contributed by atoms with Crippen LogP contribution < -0.4 is 10.5 Å². The molecule has 2 aromatic rings. The van der Waals surface area contributed by atoms with Gasteiger partial charge in [0.15, 0.2) is 0 Å². The average Bonchev–Trinajstić information content (AvgIpc) is 2.38. The fourth-order valence-electron chi connectivity index (χ4n) is 1.83. The number of rotatable bonds is 3. The normalized spacial score (nSPS) is 11.4. The third kappa shape index (κ3) is 3.13. The van der Waals surface area contributed by atoms with Crippen LogP contribution in [0, 0.1) is 25.5 Å². The van der Waals surface area contributed by atoms with Crippen molar-refractivity contribution >= 4 is 21.4 Å². The van der Waals surface area contributed by atoms with E-state index in [0.717, 1.165) is 12.1 Å². The number of hydrogen-bond donors (Lipinski definition) is 2. The molecule has 0 aliphatic heterocycles. The Kier molecular flexibility index (Phi) is 3.87. The van der Waals surface area contributed by atoms with E-state index in [0.29, 0.717) is 5.56 Å². The molecular weight excluding hydrogens is 298 g/mol. The first-order valence-electron chi connectivity index (χ1n) is 6.05. The van der Waals surface area contributed by atoms with Crippen LogP contribution in [0.2, 0.25) is 0 Å². The van der Waals surface area contributed by atoms with Crippen molar-refractivity contribution in [2.75, 3.05) is 10.5 Å². The summed E-state index contributed by atoms with van der Waals surface area (Å²) in [5, 5.41) is 0. The molecule has 2 rings (SSSR count). The van der Waals surface area contributed by atoms with Crippen molar-refractivity contribution in [3.63, 3.8) is 0 Å². The Hall–Kier alpha value is -2.15. The molecule has 0 saturated heterocycles. The minimum absolute atomic E-state index is 0.0807. The molecule has 112 valence electrons. The molecule has 0 aliphatic rings. The highest BCUT2D eigenvalue weighted by Gasteiger charge is 2.20. The monoisotopic (exact) mass is 312 g/mol. The maximum Gasteiger partial charge on any atom is 0.262 e. The van der Waals surface area contributed by atoms with Gasteiger partial charge in [-0.3, -0.25) is 4.72 Å². The Labute approximate surface area is 121 Å². The van der Waals surface area contributed by atoms with Crippen molar-refractivity contribution < 1.29 is 17.2 Å². The highest BCUT2D eigenvalue weighted by molar-refractivity contribution is 7.92. The van der Waals surface area contributed by atoms with E-state index in [2.05, 4.69) is 0 Å². The number of benzene rings is 2. The molecule has 0 saturated carbocycles. The minimum Gasteiger partial charge on any atom is -0.399 e. The molecule has 0 heterocycles. The zero-order valence-electron chi connectivity index (χ0n) is 11.4. The number of halogens is 2. The second-order valence-corrected chi connectivity index (χ2v) is 6.36. The minimum atomic E-state index is -4.06. The van der Waals surface area contributed by atoms with Crippen molar-refractivity contribution in [2.24, 2.45) is 0 Å². The summed E-state index contributed by atoms with van der Waals surface area (Å²) in [5.41, 5.74) is 5.92. The first kappa shape index (κ1) is 15.2. The van der Waals surface area contributed by atoms with Crippen LogP contribution >= 0.6 is 0 Å². The molecule has 0 amide bonds. The first-order valence-corrected chi connectivity index (χ1v) is 7.53. The summed E-state index contributed by atoms with van der Waals surface area (Å²) in [6.45, 7) is 2.97. The van der Waals surface area contributed by atoms with Crippen LogP contribution in [0.1, 0.15) is 11.1 Å². The van der Waals surface area contributed by atoms with Crippen molar-refractivity contribution in [3.05, 3.63) is 53.1 Å². The smallest absolute Gasteiger partial charge is 0.262 e. The molecule has 0 unspecified atom stereocenters. The van der Waals surface area contributed by atoms with Crippen molar-refractivity contribution in [1.29, 1.82) is 0 Å². The van der Waals surface area contributed by atoms with Gasteiger partial charge in [-0.2, -0.15) is 0 Å². The van der Waals surface area contributed by atoms with E-state index in [1.54, 1.807) is 13.0 Å². The summed E-state index contributed by atoms with van der Waals surface area (Å²) in [6.07, 6.45) is 0. The number of hydrogen-bond acceptors (Lipinski definition) is 3. The van der Waals surface area contributed by atoms with Crippen molar-refractivity contribution in [1.82, 2.24) is 0 Å². The van der Waals surface area contributed by atoms with Gasteiger partial charge in [0.2, 0.25) is 0 Å². The molecule has 7 heteroatoms. The van der Waals surface area contributed by atoms with E-state index in [9.17, 15) is 17.2 Å². The van der Waals surface area contributed by atoms with Gasteiger partial charge < -0.3 is 5.73 Å². The summed E-state index contributed by atoms with van der Waals surface area (Å²) in [7, 11) is -4.06. The Bertz CT molecular complexity index is 805. The fourth-order valence-corrected chi connectivity index (χ4v) is 3.17. The number of nitrogens with one attached hydrogen (secondary N) is 1. The molecule has 0 bridgehead atoms. The third-order valence-electron chi connectivity index (χ3n) is 2.99. The lowest BCUT2D eigenvalue weighted by molar-refractivity contribution is 0.590. The van der Waals surface area contributed by atoms with Crippen LogP contribution in [0.25, 0.3) is 0 Å². The number of sulfonamides is 1. The molecule has 0 spiro atoms. The molecule has 4 nitrogen and oxygen atoms in total. The molecular formula is C14H14F2N2O2S. The molecule has 0 atom stereocenters. The Balaban J connectivity index is 2.47. The van der Waals surface area contributed by atoms with Gasteiger partial charge in [-0.25, -0.2) is 17.2 Å². The Morgan fingerprint density at radius 2 is 1.67 bits per heavy atom. The second-order valence-electron chi connectivity index (χ2n) is 4.71. The number of nitrogens with two attached hydrogens (primary N) is 1. The van der Waals surface area contributed by atoms with Crippen LogP contribution in [-0.4, -0.2) is 8.42 Å². The van der Waals surface area contributed by atoms with E-state index in [1.807, 2.05) is 4.72 Å². The van der Waals surface area contributed by atoms with Crippen LogP contribution in [0.3, 0.4) is 0 Å². The van der Waals surface area contributed by atoms with Gasteiger partial charge in [-0.05, 0) is 43.2 Å². The largest absolute Gasteiger partial charge is 0.399 e. The Morgan fingerprint density at radius 1 is 1.00 bits per heavy atom.